The zero-order valence-corrected chi connectivity index (χ0v) is 14.4. The average molecular weight is 352 g/mol. The van der Waals surface area contributed by atoms with E-state index in [1.807, 2.05) is 31.2 Å². The van der Waals surface area contributed by atoms with E-state index in [2.05, 4.69) is 5.32 Å². The molecule has 1 saturated heterocycles. The Labute approximate surface area is 151 Å². The number of likely N-dealkylation sites (tertiary alicyclic amines) is 1. The maximum absolute atomic E-state index is 12.6. The van der Waals surface area contributed by atoms with Gasteiger partial charge >= 0.3 is 5.97 Å². The Morgan fingerprint density at radius 3 is 2.62 bits per heavy atom. The SMILES string of the molecule is Cc1ccc(CN2C(=O)CCC2C(=O)Nc2cccc(C(=O)O)c2)cc1. The van der Waals surface area contributed by atoms with Crippen molar-refractivity contribution in [1.29, 1.82) is 0 Å². The van der Waals surface area contributed by atoms with Crippen molar-refractivity contribution in [3.05, 3.63) is 65.2 Å². The van der Waals surface area contributed by atoms with Crippen molar-refractivity contribution in [2.45, 2.75) is 32.4 Å². The summed E-state index contributed by atoms with van der Waals surface area (Å²) in [5.74, 6) is -1.41. The van der Waals surface area contributed by atoms with E-state index in [1.54, 1.807) is 17.0 Å². The molecule has 26 heavy (non-hydrogen) atoms. The first-order valence-electron chi connectivity index (χ1n) is 8.43. The number of anilines is 1. The number of benzene rings is 2. The van der Waals surface area contributed by atoms with Gasteiger partial charge in [-0.3, -0.25) is 9.59 Å². The fraction of sp³-hybridized carbons (Fsp3) is 0.250. The van der Waals surface area contributed by atoms with Crippen LogP contribution in [-0.2, 0) is 16.1 Å². The van der Waals surface area contributed by atoms with E-state index in [0.29, 0.717) is 25.1 Å². The number of carbonyl (C=O) groups excluding carboxylic acids is 2. The Bertz CT molecular complexity index is 845. The van der Waals surface area contributed by atoms with Crippen LogP contribution in [0.25, 0.3) is 0 Å². The summed E-state index contributed by atoms with van der Waals surface area (Å²) in [6, 6.07) is 13.4. The molecule has 1 aliphatic rings. The summed E-state index contributed by atoms with van der Waals surface area (Å²) in [6.45, 7) is 2.37. The lowest BCUT2D eigenvalue weighted by Gasteiger charge is -2.24. The molecule has 1 atom stereocenters. The van der Waals surface area contributed by atoms with Crippen LogP contribution in [0.15, 0.2) is 48.5 Å². The minimum absolute atomic E-state index is 0.0509. The predicted octanol–water partition coefficient (Wildman–Crippen LogP) is 2.82. The third-order valence-corrected chi connectivity index (χ3v) is 4.48. The van der Waals surface area contributed by atoms with Gasteiger partial charge in [-0.15, -0.1) is 0 Å². The van der Waals surface area contributed by atoms with Crippen LogP contribution in [0.2, 0.25) is 0 Å². The van der Waals surface area contributed by atoms with Crippen LogP contribution in [0.4, 0.5) is 5.69 Å². The van der Waals surface area contributed by atoms with Gasteiger partial charge in [0.1, 0.15) is 6.04 Å². The molecule has 2 amide bonds. The zero-order valence-electron chi connectivity index (χ0n) is 14.4. The number of carboxylic acid groups (broad SMARTS) is 1. The predicted molar refractivity (Wildman–Crippen MR) is 96.8 cm³/mol. The molecule has 0 aromatic heterocycles. The highest BCUT2D eigenvalue weighted by molar-refractivity contribution is 5.99. The monoisotopic (exact) mass is 352 g/mol. The van der Waals surface area contributed by atoms with E-state index >= 15 is 0 Å². The van der Waals surface area contributed by atoms with Gasteiger partial charge < -0.3 is 15.3 Å². The summed E-state index contributed by atoms with van der Waals surface area (Å²) >= 11 is 0. The number of carbonyl (C=O) groups is 3. The molecule has 1 fully saturated rings. The lowest BCUT2D eigenvalue weighted by molar-refractivity contribution is -0.133. The van der Waals surface area contributed by atoms with Gasteiger partial charge in [-0.05, 0) is 37.1 Å². The molecule has 6 nitrogen and oxygen atoms in total. The van der Waals surface area contributed by atoms with E-state index in [0.717, 1.165) is 11.1 Å². The maximum atomic E-state index is 12.6. The standard InChI is InChI=1S/C20H20N2O4/c1-13-5-7-14(8-6-13)12-22-17(9-10-18(22)23)19(24)21-16-4-2-3-15(11-16)20(25)26/h2-8,11,17H,9-10,12H2,1H3,(H,21,24)(H,25,26). The van der Waals surface area contributed by atoms with E-state index in [9.17, 15) is 14.4 Å². The largest absolute Gasteiger partial charge is 0.478 e. The summed E-state index contributed by atoms with van der Waals surface area (Å²) in [7, 11) is 0. The van der Waals surface area contributed by atoms with E-state index in [1.165, 1.54) is 12.1 Å². The average Bonchev–Trinajstić information content (AvgIpc) is 2.98. The number of aryl methyl sites for hydroxylation is 1. The summed E-state index contributed by atoms with van der Waals surface area (Å²) in [5.41, 5.74) is 2.61. The fourth-order valence-electron chi connectivity index (χ4n) is 3.05. The minimum atomic E-state index is -1.06. The number of rotatable bonds is 5. The molecule has 0 bridgehead atoms. The minimum Gasteiger partial charge on any atom is -0.478 e. The smallest absolute Gasteiger partial charge is 0.335 e. The van der Waals surface area contributed by atoms with E-state index in [-0.39, 0.29) is 17.4 Å². The van der Waals surface area contributed by atoms with Crippen molar-refractivity contribution < 1.29 is 19.5 Å². The van der Waals surface area contributed by atoms with Crippen molar-refractivity contribution in [1.82, 2.24) is 4.90 Å². The molecule has 3 rings (SSSR count). The molecule has 0 aliphatic carbocycles. The van der Waals surface area contributed by atoms with Gasteiger partial charge in [-0.2, -0.15) is 0 Å². The lowest BCUT2D eigenvalue weighted by atomic mass is 10.1. The molecule has 2 aromatic rings. The first-order chi connectivity index (χ1) is 12.4. The van der Waals surface area contributed by atoms with Gasteiger partial charge in [-0.25, -0.2) is 4.79 Å². The van der Waals surface area contributed by atoms with E-state index in [4.69, 9.17) is 5.11 Å². The number of hydrogen-bond acceptors (Lipinski definition) is 3. The number of aromatic carboxylic acids is 1. The summed E-state index contributed by atoms with van der Waals surface area (Å²) in [6.07, 6.45) is 0.786. The molecule has 6 heteroatoms. The second kappa shape index (κ2) is 7.39. The van der Waals surface area contributed by atoms with Crippen molar-refractivity contribution >= 4 is 23.5 Å². The molecular weight excluding hydrogens is 332 g/mol. The second-order valence-electron chi connectivity index (χ2n) is 6.44. The number of carboxylic acids is 1. The Kier molecular flexibility index (Phi) is 5.02. The Morgan fingerprint density at radius 2 is 1.92 bits per heavy atom. The molecule has 1 unspecified atom stereocenters. The molecule has 1 aliphatic heterocycles. The normalized spacial score (nSPS) is 16.6. The molecule has 1 heterocycles. The number of hydrogen-bond donors (Lipinski definition) is 2. The van der Waals surface area contributed by atoms with Gasteiger partial charge in [0.15, 0.2) is 0 Å². The Morgan fingerprint density at radius 1 is 1.19 bits per heavy atom. The van der Waals surface area contributed by atoms with Crippen LogP contribution in [0.5, 0.6) is 0 Å². The molecular formula is C20H20N2O4. The van der Waals surface area contributed by atoms with Gasteiger partial charge in [-0.1, -0.05) is 35.9 Å². The summed E-state index contributed by atoms with van der Waals surface area (Å²) in [5, 5.41) is 11.8. The molecule has 0 radical (unpaired) electrons. The lowest BCUT2D eigenvalue weighted by Crippen LogP contribution is -2.41. The topological polar surface area (TPSA) is 86.7 Å². The Balaban J connectivity index is 1.73. The highest BCUT2D eigenvalue weighted by atomic mass is 16.4. The fourth-order valence-corrected chi connectivity index (χ4v) is 3.05. The Hall–Kier alpha value is -3.15. The number of amides is 2. The molecule has 0 saturated carbocycles. The van der Waals surface area contributed by atoms with Gasteiger partial charge in [0.05, 0.1) is 5.56 Å². The van der Waals surface area contributed by atoms with E-state index < -0.39 is 12.0 Å². The summed E-state index contributed by atoms with van der Waals surface area (Å²) < 4.78 is 0. The maximum Gasteiger partial charge on any atom is 0.335 e. The first kappa shape index (κ1) is 17.7. The van der Waals surface area contributed by atoms with Crippen LogP contribution < -0.4 is 5.32 Å². The molecule has 134 valence electrons. The highest BCUT2D eigenvalue weighted by Crippen LogP contribution is 2.23. The molecule has 2 aromatic carbocycles. The third-order valence-electron chi connectivity index (χ3n) is 4.48. The third kappa shape index (κ3) is 3.91. The van der Waals surface area contributed by atoms with Crippen LogP contribution in [0.3, 0.4) is 0 Å². The highest BCUT2D eigenvalue weighted by Gasteiger charge is 2.36. The van der Waals surface area contributed by atoms with Crippen LogP contribution in [0.1, 0.15) is 34.3 Å². The van der Waals surface area contributed by atoms with Crippen LogP contribution in [-0.4, -0.2) is 33.8 Å². The van der Waals surface area contributed by atoms with Crippen LogP contribution in [0, 0.1) is 6.92 Å². The molecule has 2 N–H and O–H groups in total. The van der Waals surface area contributed by atoms with Crippen molar-refractivity contribution in [2.24, 2.45) is 0 Å². The van der Waals surface area contributed by atoms with Gasteiger partial charge in [0, 0.05) is 18.7 Å². The first-order valence-corrected chi connectivity index (χ1v) is 8.43. The second-order valence-corrected chi connectivity index (χ2v) is 6.44. The van der Waals surface area contributed by atoms with Gasteiger partial charge in [0.25, 0.3) is 0 Å². The zero-order chi connectivity index (χ0) is 18.7. The van der Waals surface area contributed by atoms with Crippen LogP contribution >= 0.6 is 0 Å². The number of nitrogens with zero attached hydrogens (tertiary/aromatic N) is 1. The van der Waals surface area contributed by atoms with Crippen molar-refractivity contribution in [2.75, 3.05) is 5.32 Å². The van der Waals surface area contributed by atoms with Gasteiger partial charge in [0.2, 0.25) is 11.8 Å². The molecule has 0 spiro atoms. The van der Waals surface area contributed by atoms with Crippen molar-refractivity contribution in [3.63, 3.8) is 0 Å². The van der Waals surface area contributed by atoms with Crippen molar-refractivity contribution in [3.8, 4) is 0 Å². The summed E-state index contributed by atoms with van der Waals surface area (Å²) in [4.78, 5) is 37.5. The number of nitrogens with one attached hydrogen (secondary N) is 1. The quantitative estimate of drug-likeness (QED) is 0.866.